The molecule has 2 nitrogen and oxygen atoms in total. The van der Waals surface area contributed by atoms with E-state index >= 15 is 0 Å². The molecule has 2 aromatic heterocycles. The maximum Gasteiger partial charge on any atom is 0.0541 e. The summed E-state index contributed by atoms with van der Waals surface area (Å²) < 4.78 is 4.89. The number of hydrogen-bond donors (Lipinski definition) is 0. The maximum absolute atomic E-state index is 2.45. The standard InChI is InChI=1S/C62H40N2/c1-3-17-41(18-4-1)43-21-15-23-45(37-43)61-53-35-33-48(64-59-31-13-9-27-51(59)52-28-10-14-32-60(52)64)40-56(53)62(46-24-16-22-44(38-46)42-19-5-2-6-20-42)54-36-34-47(39-55(54)61)63-57-29-11-7-25-49(57)50-26-8-12-30-58(50)63/h1-40H. The van der Waals surface area contributed by atoms with Crippen LogP contribution in [0.25, 0.3) is 121 Å². The molecule has 0 radical (unpaired) electrons. The average Bonchev–Trinajstić information content (AvgIpc) is 3.89. The Bertz CT molecular complexity index is 3580. The Morgan fingerprint density at radius 2 is 0.500 bits per heavy atom. The largest absolute Gasteiger partial charge is 0.309 e. The summed E-state index contributed by atoms with van der Waals surface area (Å²) >= 11 is 0. The number of para-hydroxylation sites is 4. The molecule has 0 unspecified atom stereocenters. The van der Waals surface area contributed by atoms with Crippen molar-refractivity contribution in [3.63, 3.8) is 0 Å². The van der Waals surface area contributed by atoms with E-state index in [1.165, 1.54) is 110 Å². The van der Waals surface area contributed by atoms with E-state index in [2.05, 4.69) is 252 Å². The molecule has 0 saturated carbocycles. The topological polar surface area (TPSA) is 9.86 Å². The highest BCUT2D eigenvalue weighted by Gasteiger charge is 2.22. The van der Waals surface area contributed by atoms with E-state index in [1.807, 2.05) is 0 Å². The van der Waals surface area contributed by atoms with Gasteiger partial charge in [0.25, 0.3) is 0 Å². The second kappa shape index (κ2) is 14.6. The number of aromatic nitrogens is 2. The fraction of sp³-hybridized carbons (Fsp3) is 0. The van der Waals surface area contributed by atoms with Crippen LogP contribution in [0.5, 0.6) is 0 Å². The molecule has 2 heterocycles. The van der Waals surface area contributed by atoms with Crippen molar-refractivity contribution in [3.8, 4) is 55.9 Å². The summed E-state index contributed by atoms with van der Waals surface area (Å²) in [6, 6.07) is 89.3. The van der Waals surface area contributed by atoms with E-state index in [0.29, 0.717) is 0 Å². The number of nitrogens with zero attached hydrogens (tertiary/aromatic N) is 2. The summed E-state index contributed by atoms with van der Waals surface area (Å²) in [5.41, 5.74) is 16.7. The minimum absolute atomic E-state index is 1.13. The normalized spacial score (nSPS) is 11.8. The predicted octanol–water partition coefficient (Wildman–Crippen LogP) is 16.9. The van der Waals surface area contributed by atoms with Gasteiger partial charge in [0.15, 0.2) is 0 Å². The fourth-order valence-electron chi connectivity index (χ4n) is 10.5. The zero-order valence-electron chi connectivity index (χ0n) is 35.0. The molecule has 298 valence electrons. The third kappa shape index (κ3) is 5.66. The van der Waals surface area contributed by atoms with Crippen LogP contribution >= 0.6 is 0 Å². The molecule has 0 aliphatic heterocycles. The second-order valence-corrected chi connectivity index (χ2v) is 16.8. The van der Waals surface area contributed by atoms with Crippen LogP contribution in [0, 0.1) is 0 Å². The Morgan fingerprint density at radius 3 is 0.875 bits per heavy atom. The van der Waals surface area contributed by atoms with Crippen LogP contribution in [0.1, 0.15) is 0 Å². The summed E-state index contributed by atoms with van der Waals surface area (Å²) in [5, 5.41) is 9.85. The van der Waals surface area contributed by atoms with Gasteiger partial charge in [0, 0.05) is 32.9 Å². The van der Waals surface area contributed by atoms with E-state index in [0.717, 1.165) is 11.4 Å². The van der Waals surface area contributed by atoms with Crippen LogP contribution in [0.15, 0.2) is 243 Å². The van der Waals surface area contributed by atoms with Crippen LogP contribution in [0.3, 0.4) is 0 Å². The van der Waals surface area contributed by atoms with Crippen molar-refractivity contribution in [3.05, 3.63) is 243 Å². The zero-order chi connectivity index (χ0) is 42.1. The molecule has 2 heteroatoms. The molecule has 0 aliphatic carbocycles. The van der Waals surface area contributed by atoms with Crippen LogP contribution in [-0.2, 0) is 0 Å². The van der Waals surface area contributed by atoms with Gasteiger partial charge in [0.2, 0.25) is 0 Å². The SMILES string of the molecule is c1ccc(-c2cccc(-c3c4ccc(-n5c6ccccc6c6ccccc65)cc4c(-c4cccc(-c5ccccc5)c4)c4ccc(-n5c6ccccc6c6ccccc65)cc34)c2)cc1. The van der Waals surface area contributed by atoms with E-state index in [9.17, 15) is 0 Å². The highest BCUT2D eigenvalue weighted by Crippen LogP contribution is 2.47. The summed E-state index contributed by atoms with van der Waals surface area (Å²) in [6.07, 6.45) is 0. The third-order valence-corrected chi connectivity index (χ3v) is 13.3. The fourth-order valence-corrected chi connectivity index (χ4v) is 10.5. The van der Waals surface area contributed by atoms with Gasteiger partial charge in [0.05, 0.1) is 22.1 Å². The first-order chi connectivity index (χ1) is 31.8. The zero-order valence-corrected chi connectivity index (χ0v) is 35.0. The van der Waals surface area contributed by atoms with Crippen LogP contribution in [0.2, 0.25) is 0 Å². The molecule has 11 aromatic carbocycles. The molecule has 13 aromatic rings. The minimum Gasteiger partial charge on any atom is -0.309 e. The van der Waals surface area contributed by atoms with Crippen molar-refractivity contribution in [2.45, 2.75) is 0 Å². The van der Waals surface area contributed by atoms with Gasteiger partial charge >= 0.3 is 0 Å². The van der Waals surface area contributed by atoms with E-state index in [1.54, 1.807) is 0 Å². The first-order valence-electron chi connectivity index (χ1n) is 22.1. The van der Waals surface area contributed by atoms with E-state index in [4.69, 9.17) is 0 Å². The second-order valence-electron chi connectivity index (χ2n) is 16.8. The molecule has 0 saturated heterocycles. The van der Waals surface area contributed by atoms with Crippen molar-refractivity contribution in [1.29, 1.82) is 0 Å². The molecule has 0 spiro atoms. The van der Waals surface area contributed by atoms with Crippen molar-refractivity contribution in [2.75, 3.05) is 0 Å². The molecular weight excluding hydrogens is 773 g/mol. The van der Waals surface area contributed by atoms with Crippen LogP contribution < -0.4 is 0 Å². The van der Waals surface area contributed by atoms with E-state index < -0.39 is 0 Å². The Hall–Kier alpha value is -8.46. The van der Waals surface area contributed by atoms with Gasteiger partial charge in [-0.2, -0.15) is 0 Å². The van der Waals surface area contributed by atoms with Gasteiger partial charge < -0.3 is 9.13 Å². The highest BCUT2D eigenvalue weighted by molar-refractivity contribution is 6.23. The molecule has 13 rings (SSSR count). The first-order valence-corrected chi connectivity index (χ1v) is 22.1. The lowest BCUT2D eigenvalue weighted by Gasteiger charge is -2.21. The summed E-state index contributed by atoms with van der Waals surface area (Å²) in [5.74, 6) is 0. The third-order valence-electron chi connectivity index (χ3n) is 13.3. The van der Waals surface area contributed by atoms with Crippen molar-refractivity contribution < 1.29 is 0 Å². The first kappa shape index (κ1) is 36.2. The molecule has 0 bridgehead atoms. The van der Waals surface area contributed by atoms with Crippen molar-refractivity contribution in [2.24, 2.45) is 0 Å². The molecule has 0 amide bonds. The average molecular weight is 813 g/mol. The number of fused-ring (bicyclic) bond motifs is 8. The van der Waals surface area contributed by atoms with Crippen molar-refractivity contribution >= 4 is 65.2 Å². The highest BCUT2D eigenvalue weighted by atomic mass is 15.0. The monoisotopic (exact) mass is 812 g/mol. The summed E-state index contributed by atoms with van der Waals surface area (Å²) in [7, 11) is 0. The Morgan fingerprint density at radius 1 is 0.188 bits per heavy atom. The van der Waals surface area contributed by atoms with Gasteiger partial charge in [-0.25, -0.2) is 0 Å². The van der Waals surface area contributed by atoms with E-state index in [-0.39, 0.29) is 0 Å². The van der Waals surface area contributed by atoms with Crippen molar-refractivity contribution in [1.82, 2.24) is 9.13 Å². The van der Waals surface area contributed by atoms with Gasteiger partial charge in [-0.1, -0.05) is 182 Å². The minimum atomic E-state index is 1.13. The Labute approximate surface area is 371 Å². The number of hydrogen-bond acceptors (Lipinski definition) is 0. The molecule has 0 aliphatic rings. The quantitative estimate of drug-likeness (QED) is 0.148. The van der Waals surface area contributed by atoms with Crippen LogP contribution in [0.4, 0.5) is 0 Å². The molecule has 64 heavy (non-hydrogen) atoms. The van der Waals surface area contributed by atoms with Gasteiger partial charge in [0.1, 0.15) is 0 Å². The molecule has 0 N–H and O–H groups in total. The summed E-state index contributed by atoms with van der Waals surface area (Å²) in [6.45, 7) is 0. The Balaban J connectivity index is 1.18. The summed E-state index contributed by atoms with van der Waals surface area (Å²) in [4.78, 5) is 0. The number of benzene rings is 11. The lowest BCUT2D eigenvalue weighted by Crippen LogP contribution is -1.98. The van der Waals surface area contributed by atoms with Crippen LogP contribution in [-0.4, -0.2) is 9.13 Å². The van der Waals surface area contributed by atoms with Gasteiger partial charge in [-0.15, -0.1) is 0 Å². The van der Waals surface area contributed by atoms with Gasteiger partial charge in [-0.3, -0.25) is 0 Å². The molecule has 0 fully saturated rings. The molecular formula is C62H40N2. The smallest absolute Gasteiger partial charge is 0.0541 e. The predicted molar refractivity (Wildman–Crippen MR) is 272 cm³/mol. The lowest BCUT2D eigenvalue weighted by atomic mass is 9.84. The van der Waals surface area contributed by atoms with Gasteiger partial charge in [-0.05, 0) is 127 Å². The lowest BCUT2D eigenvalue weighted by molar-refractivity contribution is 1.18. The Kier molecular flexibility index (Phi) is 8.25. The maximum atomic E-state index is 2.45. The molecule has 0 atom stereocenters. The number of rotatable bonds is 6.